The second kappa shape index (κ2) is 10.6. The molecule has 2 saturated carbocycles. The summed E-state index contributed by atoms with van der Waals surface area (Å²) in [6, 6.07) is 14.9. The van der Waals surface area contributed by atoms with Crippen LogP contribution in [0.4, 0.5) is 10.5 Å². The van der Waals surface area contributed by atoms with Crippen LogP contribution in [0.15, 0.2) is 46.9 Å². The van der Waals surface area contributed by atoms with Crippen LogP contribution in [0.3, 0.4) is 0 Å². The molecule has 4 aromatic rings. The number of aromatic nitrogens is 3. The first-order valence-electron chi connectivity index (χ1n) is 14.5. The van der Waals surface area contributed by atoms with Crippen molar-refractivity contribution in [3.8, 4) is 28.5 Å². The fraction of sp³-hybridized carbons (Fsp3) is 0.452. The first-order chi connectivity index (χ1) is 19.6. The Bertz CT molecular complexity index is 1510. The molecule has 1 aliphatic heterocycles. The smallest absolute Gasteiger partial charge is 0.319 e. The Morgan fingerprint density at radius 1 is 0.975 bits per heavy atom. The molecule has 2 N–H and O–H groups in total. The highest BCUT2D eigenvalue weighted by atomic mass is 16.5. The number of hydrogen-bond acceptors (Lipinski definition) is 6. The molecule has 208 valence electrons. The van der Waals surface area contributed by atoms with E-state index in [1.165, 1.54) is 12.8 Å². The third-order valence-electron chi connectivity index (χ3n) is 8.48. The largest absolute Gasteiger partial charge is 0.490 e. The molecule has 0 unspecified atom stereocenters. The van der Waals surface area contributed by atoms with Gasteiger partial charge in [0.05, 0.1) is 30.0 Å². The second-order valence-corrected chi connectivity index (χ2v) is 11.2. The van der Waals surface area contributed by atoms with E-state index in [0.29, 0.717) is 17.8 Å². The van der Waals surface area contributed by atoms with Crippen molar-refractivity contribution in [3.63, 3.8) is 0 Å². The maximum atomic E-state index is 12.4. The highest BCUT2D eigenvalue weighted by Crippen LogP contribution is 2.47. The van der Waals surface area contributed by atoms with E-state index in [9.17, 15) is 4.79 Å². The number of ether oxygens (including phenoxy) is 2. The number of urea groups is 1. The molecule has 9 nitrogen and oxygen atoms in total. The number of carbonyl (C=O) groups is 1. The molecule has 2 aromatic heterocycles. The Hall–Kier alpha value is -3.85. The van der Waals surface area contributed by atoms with Crippen molar-refractivity contribution in [3.05, 3.63) is 48.4 Å². The van der Waals surface area contributed by atoms with Crippen molar-refractivity contribution >= 4 is 22.6 Å². The SMILES string of the molecule is Cc1nnc(-c2c(-c3ccc(NC(=O)NC4CCC4)cc3)n(C3CCC3)c3cc(OC4CCOCC4)ccc23)o1. The number of nitrogens with zero attached hydrogens (tertiary/aromatic N) is 3. The van der Waals surface area contributed by atoms with Crippen LogP contribution in [0.2, 0.25) is 0 Å². The van der Waals surface area contributed by atoms with Crippen LogP contribution in [-0.4, -0.2) is 46.2 Å². The number of anilines is 1. The summed E-state index contributed by atoms with van der Waals surface area (Å²) in [6.07, 6.45) is 8.69. The van der Waals surface area contributed by atoms with Crippen molar-refractivity contribution in [2.45, 2.75) is 76.5 Å². The first kappa shape index (κ1) is 25.1. The zero-order valence-electron chi connectivity index (χ0n) is 22.8. The third-order valence-corrected chi connectivity index (χ3v) is 8.48. The quantitative estimate of drug-likeness (QED) is 0.272. The average Bonchev–Trinajstić information content (AvgIpc) is 3.47. The number of benzene rings is 2. The lowest BCUT2D eigenvalue weighted by Gasteiger charge is -2.30. The maximum absolute atomic E-state index is 12.4. The maximum Gasteiger partial charge on any atom is 0.319 e. The third kappa shape index (κ3) is 4.83. The van der Waals surface area contributed by atoms with Crippen LogP contribution in [0.25, 0.3) is 33.6 Å². The molecule has 2 amide bonds. The Labute approximate surface area is 233 Å². The van der Waals surface area contributed by atoms with Crippen molar-refractivity contribution in [2.75, 3.05) is 18.5 Å². The van der Waals surface area contributed by atoms with Crippen molar-refractivity contribution in [2.24, 2.45) is 0 Å². The van der Waals surface area contributed by atoms with E-state index in [1.807, 2.05) is 25.1 Å². The van der Waals surface area contributed by atoms with E-state index in [4.69, 9.17) is 13.9 Å². The molecule has 0 atom stereocenters. The summed E-state index contributed by atoms with van der Waals surface area (Å²) >= 11 is 0. The molecule has 0 bridgehead atoms. The van der Waals surface area contributed by atoms with Crippen LogP contribution in [0.1, 0.15) is 63.3 Å². The van der Waals surface area contributed by atoms with Crippen LogP contribution < -0.4 is 15.4 Å². The molecular formula is C31H35N5O4. The molecule has 9 heteroatoms. The average molecular weight is 542 g/mol. The molecule has 2 aliphatic carbocycles. The van der Waals surface area contributed by atoms with Gasteiger partial charge in [0.25, 0.3) is 5.89 Å². The monoisotopic (exact) mass is 541 g/mol. The molecule has 3 heterocycles. The summed E-state index contributed by atoms with van der Waals surface area (Å²) < 4.78 is 20.4. The number of carbonyl (C=O) groups excluding carboxylic acids is 1. The predicted octanol–water partition coefficient (Wildman–Crippen LogP) is 6.62. The Balaban J connectivity index is 1.29. The minimum Gasteiger partial charge on any atom is -0.490 e. The lowest BCUT2D eigenvalue weighted by Crippen LogP contribution is -2.41. The Morgan fingerprint density at radius 2 is 1.75 bits per heavy atom. The molecule has 2 aromatic carbocycles. The topological polar surface area (TPSA) is 103 Å². The first-order valence-corrected chi connectivity index (χ1v) is 14.5. The van der Waals surface area contributed by atoms with E-state index in [0.717, 1.165) is 90.9 Å². The second-order valence-electron chi connectivity index (χ2n) is 11.2. The van der Waals surface area contributed by atoms with Gasteiger partial charge < -0.3 is 29.1 Å². The molecule has 0 spiro atoms. The van der Waals surface area contributed by atoms with Crippen molar-refractivity contribution in [1.82, 2.24) is 20.1 Å². The van der Waals surface area contributed by atoms with Crippen molar-refractivity contribution in [1.29, 1.82) is 0 Å². The number of amides is 2. The van der Waals surface area contributed by atoms with Crippen LogP contribution >= 0.6 is 0 Å². The normalized spacial score (nSPS) is 18.3. The van der Waals surface area contributed by atoms with E-state index in [1.54, 1.807) is 0 Å². The van der Waals surface area contributed by atoms with Gasteiger partial charge in [-0.05, 0) is 68.4 Å². The molecule has 3 fully saturated rings. The van der Waals surface area contributed by atoms with E-state index in [2.05, 4.69) is 49.7 Å². The van der Waals surface area contributed by atoms with Crippen LogP contribution in [0, 0.1) is 6.92 Å². The van der Waals surface area contributed by atoms with Gasteiger partial charge in [0.1, 0.15) is 11.9 Å². The van der Waals surface area contributed by atoms with Crippen LogP contribution in [-0.2, 0) is 4.74 Å². The fourth-order valence-corrected chi connectivity index (χ4v) is 5.89. The number of aryl methyl sites for hydroxylation is 1. The zero-order valence-corrected chi connectivity index (χ0v) is 22.8. The van der Waals surface area contributed by atoms with Gasteiger partial charge in [-0.15, -0.1) is 10.2 Å². The number of fused-ring (bicyclic) bond motifs is 1. The number of hydrogen-bond donors (Lipinski definition) is 2. The minimum atomic E-state index is -0.153. The highest BCUT2D eigenvalue weighted by molar-refractivity contribution is 6.03. The van der Waals surface area contributed by atoms with Gasteiger partial charge in [-0.2, -0.15) is 0 Å². The van der Waals surface area contributed by atoms with E-state index >= 15 is 0 Å². The Morgan fingerprint density at radius 3 is 2.40 bits per heavy atom. The summed E-state index contributed by atoms with van der Waals surface area (Å²) in [4.78, 5) is 12.4. The minimum absolute atomic E-state index is 0.153. The van der Waals surface area contributed by atoms with Gasteiger partial charge in [0.2, 0.25) is 5.89 Å². The van der Waals surface area contributed by atoms with Gasteiger partial charge in [-0.25, -0.2) is 4.79 Å². The van der Waals surface area contributed by atoms with Crippen molar-refractivity contribution < 1.29 is 18.7 Å². The number of nitrogens with one attached hydrogen (secondary N) is 2. The van der Waals surface area contributed by atoms with E-state index < -0.39 is 0 Å². The van der Waals surface area contributed by atoms with Gasteiger partial charge in [0, 0.05) is 49.0 Å². The molecule has 7 rings (SSSR count). The highest BCUT2D eigenvalue weighted by Gasteiger charge is 2.30. The standard InChI is InChI=1S/C31H35N5O4/c1-19-34-35-30(39-19)28-26-13-12-25(40-24-14-16-38-17-15-24)18-27(26)36(23-6-3-7-23)29(28)20-8-10-22(11-9-20)33-31(37)32-21-4-2-5-21/h8-13,18,21,23-24H,2-7,14-17H2,1H3,(H2,32,33,37). The molecule has 40 heavy (non-hydrogen) atoms. The molecule has 1 saturated heterocycles. The van der Waals surface area contributed by atoms with E-state index in [-0.39, 0.29) is 18.2 Å². The number of rotatable bonds is 7. The lowest BCUT2D eigenvalue weighted by atomic mass is 9.92. The zero-order chi connectivity index (χ0) is 27.1. The summed E-state index contributed by atoms with van der Waals surface area (Å²) in [5.41, 5.74) is 4.89. The van der Waals surface area contributed by atoms with Gasteiger partial charge >= 0.3 is 6.03 Å². The Kier molecular flexibility index (Phi) is 6.67. The van der Waals surface area contributed by atoms with Gasteiger partial charge in [-0.1, -0.05) is 12.1 Å². The molecular weight excluding hydrogens is 506 g/mol. The summed E-state index contributed by atoms with van der Waals surface area (Å²) in [7, 11) is 0. The molecule has 3 aliphatic rings. The predicted molar refractivity (Wildman–Crippen MR) is 153 cm³/mol. The van der Waals surface area contributed by atoms with Gasteiger partial charge in [-0.3, -0.25) is 0 Å². The van der Waals surface area contributed by atoms with Crippen LogP contribution in [0.5, 0.6) is 5.75 Å². The van der Waals surface area contributed by atoms with Gasteiger partial charge in [0.15, 0.2) is 0 Å². The fourth-order valence-electron chi connectivity index (χ4n) is 5.89. The summed E-state index contributed by atoms with van der Waals surface area (Å²) in [6.45, 7) is 3.29. The molecule has 0 radical (unpaired) electrons. The lowest BCUT2D eigenvalue weighted by molar-refractivity contribution is 0.0256. The summed E-state index contributed by atoms with van der Waals surface area (Å²) in [5, 5.41) is 15.7. The summed E-state index contributed by atoms with van der Waals surface area (Å²) in [5.74, 6) is 1.91.